The average Bonchev–Trinajstić information content (AvgIpc) is 2.45. The maximum absolute atomic E-state index is 14.0. The molecular weight excluding hydrogens is 283 g/mol. The van der Waals surface area contributed by atoms with Crippen LogP contribution in [0, 0.1) is 17.5 Å². The van der Waals surface area contributed by atoms with Crippen molar-refractivity contribution in [3.8, 4) is 0 Å². The highest BCUT2D eigenvalue weighted by molar-refractivity contribution is 6.04. The third-order valence-electron chi connectivity index (χ3n) is 2.65. The van der Waals surface area contributed by atoms with E-state index in [1.54, 1.807) is 6.92 Å². The molecule has 2 rings (SSSR count). The van der Waals surface area contributed by atoms with Gasteiger partial charge in [0.15, 0.2) is 11.6 Å². The van der Waals surface area contributed by atoms with Crippen LogP contribution in [-0.2, 0) is 0 Å². The fourth-order valence-electron chi connectivity index (χ4n) is 1.69. The van der Waals surface area contributed by atoms with Crippen LogP contribution in [0.3, 0.4) is 0 Å². The topological polar surface area (TPSA) is 54.0 Å². The molecule has 0 aliphatic rings. The number of hydrogen-bond acceptors (Lipinski definition) is 3. The molecule has 0 radical (unpaired) electrons. The van der Waals surface area contributed by atoms with Gasteiger partial charge in [-0.3, -0.25) is 4.79 Å². The summed E-state index contributed by atoms with van der Waals surface area (Å²) in [6.07, 6.45) is 1.25. The molecule has 0 aliphatic carbocycles. The number of anilines is 2. The number of nitrogens with zero attached hydrogens (tertiary/aromatic N) is 1. The Labute approximate surface area is 119 Å². The van der Waals surface area contributed by atoms with Gasteiger partial charge < -0.3 is 10.6 Å². The van der Waals surface area contributed by atoms with Crippen LogP contribution in [0.25, 0.3) is 0 Å². The molecule has 0 unspecified atom stereocenters. The summed E-state index contributed by atoms with van der Waals surface area (Å²) in [7, 11) is 0. The molecular formula is C14H12F3N3O. The number of amides is 1. The maximum Gasteiger partial charge on any atom is 0.258 e. The summed E-state index contributed by atoms with van der Waals surface area (Å²) < 4.78 is 40.5. The van der Waals surface area contributed by atoms with Crippen LogP contribution in [0.2, 0.25) is 0 Å². The van der Waals surface area contributed by atoms with E-state index in [1.165, 1.54) is 6.20 Å². The monoisotopic (exact) mass is 295 g/mol. The predicted molar refractivity (Wildman–Crippen MR) is 72.7 cm³/mol. The van der Waals surface area contributed by atoms with Gasteiger partial charge in [0.05, 0.1) is 11.3 Å². The summed E-state index contributed by atoms with van der Waals surface area (Å²) in [5, 5.41) is 4.78. The lowest BCUT2D eigenvalue weighted by molar-refractivity contribution is 0.102. The van der Waals surface area contributed by atoms with Crippen LogP contribution in [0.5, 0.6) is 0 Å². The molecule has 0 spiro atoms. The summed E-state index contributed by atoms with van der Waals surface area (Å²) in [5.74, 6) is -3.35. The second-order valence-electron chi connectivity index (χ2n) is 4.13. The minimum atomic E-state index is -0.890. The number of carbonyl (C=O) groups is 1. The fraction of sp³-hybridized carbons (Fsp3) is 0.143. The Morgan fingerprint density at radius 2 is 2.00 bits per heavy atom. The molecule has 1 heterocycles. The van der Waals surface area contributed by atoms with E-state index in [2.05, 4.69) is 15.6 Å². The van der Waals surface area contributed by atoms with Crippen molar-refractivity contribution in [1.29, 1.82) is 0 Å². The average molecular weight is 295 g/mol. The summed E-state index contributed by atoms with van der Waals surface area (Å²) in [6, 6.07) is 3.76. The third-order valence-corrected chi connectivity index (χ3v) is 2.65. The minimum absolute atomic E-state index is 0.0788. The first-order chi connectivity index (χ1) is 10.0. The zero-order valence-corrected chi connectivity index (χ0v) is 11.1. The van der Waals surface area contributed by atoms with E-state index in [0.29, 0.717) is 6.54 Å². The quantitative estimate of drug-likeness (QED) is 0.911. The molecule has 21 heavy (non-hydrogen) atoms. The molecule has 0 saturated carbocycles. The van der Waals surface area contributed by atoms with Gasteiger partial charge >= 0.3 is 0 Å². The van der Waals surface area contributed by atoms with E-state index in [9.17, 15) is 18.0 Å². The van der Waals surface area contributed by atoms with E-state index in [-0.39, 0.29) is 17.1 Å². The molecule has 0 saturated heterocycles. The van der Waals surface area contributed by atoms with Crippen LogP contribution in [0.15, 0.2) is 30.5 Å². The van der Waals surface area contributed by atoms with Gasteiger partial charge in [0, 0.05) is 18.8 Å². The highest BCUT2D eigenvalue weighted by atomic mass is 19.1. The second-order valence-corrected chi connectivity index (χ2v) is 4.13. The van der Waals surface area contributed by atoms with E-state index in [4.69, 9.17) is 0 Å². The molecule has 0 atom stereocenters. The van der Waals surface area contributed by atoms with Crippen LogP contribution in [0.4, 0.5) is 24.7 Å². The van der Waals surface area contributed by atoms with Crippen molar-refractivity contribution < 1.29 is 18.0 Å². The number of benzene rings is 1. The summed E-state index contributed by atoms with van der Waals surface area (Å²) in [5.41, 5.74) is -0.675. The van der Waals surface area contributed by atoms with E-state index in [1.807, 2.05) is 0 Å². The predicted octanol–water partition coefficient (Wildman–Crippen LogP) is 3.18. The van der Waals surface area contributed by atoms with Gasteiger partial charge in [-0.25, -0.2) is 18.2 Å². The summed E-state index contributed by atoms with van der Waals surface area (Å²) in [6.45, 7) is 2.17. The SMILES string of the molecule is CCNc1nccc(C(=O)Nc2cc(F)ccc2F)c1F. The fourth-order valence-corrected chi connectivity index (χ4v) is 1.69. The molecule has 7 heteroatoms. The Morgan fingerprint density at radius 3 is 2.71 bits per heavy atom. The van der Waals surface area contributed by atoms with Gasteiger partial charge in [0.1, 0.15) is 11.6 Å². The van der Waals surface area contributed by atoms with Gasteiger partial charge in [-0.05, 0) is 25.1 Å². The highest BCUT2D eigenvalue weighted by Gasteiger charge is 2.17. The maximum atomic E-state index is 14.0. The number of nitrogens with one attached hydrogen (secondary N) is 2. The van der Waals surface area contributed by atoms with Gasteiger partial charge in [-0.2, -0.15) is 0 Å². The summed E-state index contributed by atoms with van der Waals surface area (Å²) >= 11 is 0. The van der Waals surface area contributed by atoms with Crippen molar-refractivity contribution in [3.05, 3.63) is 53.5 Å². The third kappa shape index (κ3) is 3.31. The minimum Gasteiger partial charge on any atom is -0.368 e. The Morgan fingerprint density at radius 1 is 1.24 bits per heavy atom. The Balaban J connectivity index is 2.28. The molecule has 1 aromatic heterocycles. The molecule has 110 valence electrons. The van der Waals surface area contributed by atoms with Gasteiger partial charge in [0.2, 0.25) is 0 Å². The lowest BCUT2D eigenvalue weighted by Gasteiger charge is -2.09. The van der Waals surface area contributed by atoms with E-state index in [0.717, 1.165) is 24.3 Å². The standard InChI is InChI=1S/C14H12F3N3O/c1-2-18-13-12(17)9(5-6-19-13)14(21)20-11-7-8(15)3-4-10(11)16/h3-7H,2H2,1H3,(H,18,19)(H,20,21). The first kappa shape index (κ1) is 14.8. The molecule has 0 aliphatic heterocycles. The molecule has 2 N–H and O–H groups in total. The van der Waals surface area contributed by atoms with Gasteiger partial charge in [0.25, 0.3) is 5.91 Å². The number of hydrogen-bond donors (Lipinski definition) is 2. The zero-order chi connectivity index (χ0) is 15.4. The first-order valence-corrected chi connectivity index (χ1v) is 6.17. The lowest BCUT2D eigenvalue weighted by Crippen LogP contribution is -2.16. The van der Waals surface area contributed by atoms with Crippen molar-refractivity contribution in [3.63, 3.8) is 0 Å². The van der Waals surface area contributed by atoms with Crippen molar-refractivity contribution in [1.82, 2.24) is 4.98 Å². The molecule has 0 fully saturated rings. The van der Waals surface area contributed by atoms with Gasteiger partial charge in [-0.1, -0.05) is 0 Å². The molecule has 2 aromatic rings. The molecule has 4 nitrogen and oxygen atoms in total. The van der Waals surface area contributed by atoms with E-state index >= 15 is 0 Å². The van der Waals surface area contributed by atoms with Crippen LogP contribution in [-0.4, -0.2) is 17.4 Å². The zero-order valence-electron chi connectivity index (χ0n) is 11.1. The second kappa shape index (κ2) is 6.25. The Bertz CT molecular complexity index is 677. The summed E-state index contributed by atoms with van der Waals surface area (Å²) in [4.78, 5) is 15.7. The first-order valence-electron chi connectivity index (χ1n) is 6.17. The van der Waals surface area contributed by atoms with Crippen molar-refractivity contribution in [2.45, 2.75) is 6.92 Å². The number of aromatic nitrogens is 1. The van der Waals surface area contributed by atoms with Crippen LogP contribution < -0.4 is 10.6 Å². The number of pyridine rings is 1. The van der Waals surface area contributed by atoms with Crippen molar-refractivity contribution in [2.75, 3.05) is 17.2 Å². The number of halogens is 3. The number of carbonyl (C=O) groups excluding carboxylic acids is 1. The molecule has 1 aromatic carbocycles. The largest absolute Gasteiger partial charge is 0.368 e. The van der Waals surface area contributed by atoms with Gasteiger partial charge in [-0.15, -0.1) is 0 Å². The smallest absolute Gasteiger partial charge is 0.258 e. The van der Waals surface area contributed by atoms with Crippen LogP contribution in [0.1, 0.15) is 17.3 Å². The van der Waals surface area contributed by atoms with Crippen LogP contribution >= 0.6 is 0 Å². The number of rotatable bonds is 4. The molecule has 0 bridgehead atoms. The van der Waals surface area contributed by atoms with Crippen molar-refractivity contribution >= 4 is 17.4 Å². The highest BCUT2D eigenvalue weighted by Crippen LogP contribution is 2.19. The lowest BCUT2D eigenvalue weighted by atomic mass is 10.2. The Hall–Kier alpha value is -2.57. The van der Waals surface area contributed by atoms with E-state index < -0.39 is 23.4 Å². The normalized spacial score (nSPS) is 10.3. The van der Waals surface area contributed by atoms with Crippen molar-refractivity contribution in [2.24, 2.45) is 0 Å². The Kier molecular flexibility index (Phi) is 4.42. The molecule has 1 amide bonds.